The normalized spacial score (nSPS) is 10.7. The Kier molecular flexibility index (Phi) is 3.20. The third-order valence-electron chi connectivity index (χ3n) is 2.94. The molecule has 2 aromatic rings. The maximum Gasteiger partial charge on any atom is 0.339 e. The zero-order valence-corrected chi connectivity index (χ0v) is 10.9. The Balaban J connectivity index is 2.71. The first-order chi connectivity index (χ1) is 8.97. The van der Waals surface area contributed by atoms with E-state index < -0.39 is 5.97 Å². The van der Waals surface area contributed by atoms with Crippen LogP contribution < -0.4 is 5.56 Å². The molecular weight excluding hydrogens is 248 g/mol. The standard InChI is InChI=1S/C12H14N4O3/c1-4-15-6-5-13-10(11(15)17)16-8(3)9(12(18)19)7(2)14-16/h5-6H,4H2,1-3H3,(H,18,19). The van der Waals surface area contributed by atoms with Gasteiger partial charge < -0.3 is 9.67 Å². The first-order valence-electron chi connectivity index (χ1n) is 5.82. The second kappa shape index (κ2) is 4.68. The number of hydrogen-bond donors (Lipinski definition) is 1. The van der Waals surface area contributed by atoms with Gasteiger partial charge in [0.1, 0.15) is 5.56 Å². The Labute approximate surface area is 109 Å². The molecule has 0 aliphatic rings. The van der Waals surface area contributed by atoms with Crippen molar-refractivity contribution in [2.75, 3.05) is 0 Å². The lowest BCUT2D eigenvalue weighted by Gasteiger charge is -2.06. The quantitative estimate of drug-likeness (QED) is 0.882. The van der Waals surface area contributed by atoms with Gasteiger partial charge in [0.25, 0.3) is 5.56 Å². The highest BCUT2D eigenvalue weighted by Gasteiger charge is 2.20. The summed E-state index contributed by atoms with van der Waals surface area (Å²) in [5.74, 6) is -0.953. The summed E-state index contributed by atoms with van der Waals surface area (Å²) in [7, 11) is 0. The van der Waals surface area contributed by atoms with Gasteiger partial charge in [-0.05, 0) is 20.8 Å². The molecule has 7 nitrogen and oxygen atoms in total. The third-order valence-corrected chi connectivity index (χ3v) is 2.94. The topological polar surface area (TPSA) is 90.0 Å². The van der Waals surface area contributed by atoms with Crippen molar-refractivity contribution in [3.63, 3.8) is 0 Å². The second-order valence-electron chi connectivity index (χ2n) is 4.10. The first kappa shape index (κ1) is 13.0. The van der Waals surface area contributed by atoms with E-state index in [1.165, 1.54) is 15.4 Å². The van der Waals surface area contributed by atoms with Gasteiger partial charge in [0.05, 0.1) is 11.4 Å². The second-order valence-corrected chi connectivity index (χ2v) is 4.10. The number of carboxylic acid groups (broad SMARTS) is 1. The molecule has 0 amide bonds. The Morgan fingerprint density at radius 2 is 2.11 bits per heavy atom. The van der Waals surface area contributed by atoms with Gasteiger partial charge in [-0.1, -0.05) is 0 Å². The average molecular weight is 262 g/mol. The minimum Gasteiger partial charge on any atom is -0.478 e. The fourth-order valence-corrected chi connectivity index (χ4v) is 1.99. The van der Waals surface area contributed by atoms with Gasteiger partial charge in [0.15, 0.2) is 0 Å². The van der Waals surface area contributed by atoms with Crippen molar-refractivity contribution in [2.24, 2.45) is 0 Å². The lowest BCUT2D eigenvalue weighted by molar-refractivity contribution is 0.0695. The van der Waals surface area contributed by atoms with Crippen LogP contribution in [0.3, 0.4) is 0 Å². The van der Waals surface area contributed by atoms with Crippen LogP contribution in [0, 0.1) is 13.8 Å². The molecule has 0 spiro atoms. The van der Waals surface area contributed by atoms with Crippen molar-refractivity contribution in [2.45, 2.75) is 27.3 Å². The van der Waals surface area contributed by atoms with E-state index in [2.05, 4.69) is 10.1 Å². The molecule has 0 bridgehead atoms. The Morgan fingerprint density at radius 3 is 2.63 bits per heavy atom. The van der Waals surface area contributed by atoms with Gasteiger partial charge in [0, 0.05) is 18.9 Å². The largest absolute Gasteiger partial charge is 0.478 e. The van der Waals surface area contributed by atoms with E-state index in [0.717, 1.165) is 0 Å². The lowest BCUT2D eigenvalue weighted by atomic mass is 10.2. The minimum absolute atomic E-state index is 0.105. The van der Waals surface area contributed by atoms with Gasteiger partial charge in [-0.2, -0.15) is 5.10 Å². The van der Waals surface area contributed by atoms with E-state index in [-0.39, 0.29) is 16.9 Å². The van der Waals surface area contributed by atoms with Crippen LogP contribution >= 0.6 is 0 Å². The van der Waals surface area contributed by atoms with Gasteiger partial charge in [0.2, 0.25) is 5.82 Å². The third kappa shape index (κ3) is 2.03. The van der Waals surface area contributed by atoms with Crippen LogP contribution in [-0.4, -0.2) is 30.4 Å². The molecule has 7 heteroatoms. The molecule has 0 saturated carbocycles. The molecule has 0 saturated heterocycles. The number of hydrogen-bond acceptors (Lipinski definition) is 4. The molecule has 2 rings (SSSR count). The highest BCUT2D eigenvalue weighted by molar-refractivity contribution is 5.90. The van der Waals surface area contributed by atoms with Crippen molar-refractivity contribution in [3.05, 3.63) is 39.7 Å². The smallest absolute Gasteiger partial charge is 0.339 e. The molecule has 2 heterocycles. The summed E-state index contributed by atoms with van der Waals surface area (Å²) in [5, 5.41) is 13.2. The number of aromatic carboxylic acids is 1. The van der Waals surface area contributed by atoms with Crippen LogP contribution in [0.25, 0.3) is 5.82 Å². The molecule has 0 unspecified atom stereocenters. The average Bonchev–Trinajstić information content (AvgIpc) is 2.65. The summed E-state index contributed by atoms with van der Waals surface area (Å²) in [6.07, 6.45) is 3.08. The van der Waals surface area contributed by atoms with Gasteiger partial charge in [-0.3, -0.25) is 4.79 Å². The molecule has 0 fully saturated rings. The van der Waals surface area contributed by atoms with E-state index >= 15 is 0 Å². The van der Waals surface area contributed by atoms with E-state index in [1.54, 1.807) is 20.0 Å². The number of rotatable bonds is 3. The summed E-state index contributed by atoms with van der Waals surface area (Å²) in [6, 6.07) is 0. The molecule has 1 N–H and O–H groups in total. The van der Waals surface area contributed by atoms with E-state index in [1.807, 2.05) is 6.92 Å². The van der Waals surface area contributed by atoms with Gasteiger partial charge in [-0.15, -0.1) is 0 Å². The summed E-state index contributed by atoms with van der Waals surface area (Å²) in [6.45, 7) is 5.55. The fraction of sp³-hybridized carbons (Fsp3) is 0.333. The summed E-state index contributed by atoms with van der Waals surface area (Å²) in [5.41, 5.74) is 0.558. The number of aromatic nitrogens is 4. The fourth-order valence-electron chi connectivity index (χ4n) is 1.99. The molecule has 0 aliphatic heterocycles. The van der Waals surface area contributed by atoms with Gasteiger partial charge >= 0.3 is 5.97 Å². The first-order valence-corrected chi connectivity index (χ1v) is 5.82. The van der Waals surface area contributed by atoms with Crippen LogP contribution in [0.15, 0.2) is 17.2 Å². The molecule has 0 atom stereocenters. The molecule has 19 heavy (non-hydrogen) atoms. The van der Waals surface area contributed by atoms with Crippen LogP contribution in [0.5, 0.6) is 0 Å². The van der Waals surface area contributed by atoms with Crippen LogP contribution in [-0.2, 0) is 6.54 Å². The summed E-state index contributed by atoms with van der Waals surface area (Å²) >= 11 is 0. The molecule has 100 valence electrons. The minimum atomic E-state index is -1.06. The maximum atomic E-state index is 12.1. The molecule has 2 aromatic heterocycles. The summed E-state index contributed by atoms with van der Waals surface area (Å²) in [4.78, 5) is 27.3. The maximum absolute atomic E-state index is 12.1. The van der Waals surface area contributed by atoms with Gasteiger partial charge in [-0.25, -0.2) is 14.5 Å². The monoisotopic (exact) mass is 262 g/mol. The number of nitrogens with zero attached hydrogens (tertiary/aromatic N) is 4. The van der Waals surface area contributed by atoms with Crippen LogP contribution in [0.1, 0.15) is 28.7 Å². The highest BCUT2D eigenvalue weighted by Crippen LogP contribution is 2.14. The van der Waals surface area contributed by atoms with E-state index in [0.29, 0.717) is 17.9 Å². The van der Waals surface area contributed by atoms with Crippen molar-refractivity contribution >= 4 is 5.97 Å². The van der Waals surface area contributed by atoms with Crippen LogP contribution in [0.2, 0.25) is 0 Å². The molecule has 0 radical (unpaired) electrons. The van der Waals surface area contributed by atoms with Crippen molar-refractivity contribution in [1.29, 1.82) is 0 Å². The SMILES string of the molecule is CCn1ccnc(-n2nc(C)c(C(=O)O)c2C)c1=O. The highest BCUT2D eigenvalue weighted by atomic mass is 16.4. The predicted octanol–water partition coefficient (Wildman–Crippen LogP) is 0.764. The zero-order valence-electron chi connectivity index (χ0n) is 10.9. The van der Waals surface area contributed by atoms with Crippen molar-refractivity contribution in [3.8, 4) is 5.82 Å². The predicted molar refractivity (Wildman–Crippen MR) is 67.7 cm³/mol. The van der Waals surface area contributed by atoms with Crippen LogP contribution in [0.4, 0.5) is 0 Å². The summed E-state index contributed by atoms with van der Waals surface area (Å²) < 4.78 is 2.77. The zero-order chi connectivity index (χ0) is 14.2. The van der Waals surface area contributed by atoms with Crippen molar-refractivity contribution < 1.29 is 9.90 Å². The Hall–Kier alpha value is -2.44. The molecule has 0 aliphatic carbocycles. The number of carboxylic acids is 1. The Bertz CT molecular complexity index is 699. The molecule has 0 aromatic carbocycles. The Morgan fingerprint density at radius 1 is 1.42 bits per heavy atom. The number of aryl methyl sites for hydroxylation is 2. The lowest BCUT2D eigenvalue weighted by Crippen LogP contribution is -2.25. The number of carbonyl (C=O) groups is 1. The van der Waals surface area contributed by atoms with E-state index in [4.69, 9.17) is 5.11 Å². The molecular formula is C12H14N4O3. The van der Waals surface area contributed by atoms with Crippen molar-refractivity contribution in [1.82, 2.24) is 19.3 Å². The van der Waals surface area contributed by atoms with E-state index in [9.17, 15) is 9.59 Å².